The highest BCUT2D eigenvalue weighted by molar-refractivity contribution is 5.95. The van der Waals surface area contributed by atoms with Gasteiger partial charge in [-0.2, -0.15) is 0 Å². The molecule has 0 spiro atoms. The van der Waals surface area contributed by atoms with Crippen LogP contribution in [0.2, 0.25) is 0 Å². The van der Waals surface area contributed by atoms with Crippen molar-refractivity contribution in [3.8, 4) is 0 Å². The Kier molecular flexibility index (Phi) is 4.88. The normalized spacial score (nSPS) is 22.1. The monoisotopic (exact) mass is 300 g/mol. The quantitative estimate of drug-likeness (QED) is 0.838. The fourth-order valence-electron chi connectivity index (χ4n) is 2.86. The second-order valence-electron chi connectivity index (χ2n) is 5.52. The van der Waals surface area contributed by atoms with Gasteiger partial charge in [0.15, 0.2) is 17.5 Å². The molecule has 1 fully saturated rings. The number of hydrogen-bond donors (Lipinski definition) is 2. The largest absolute Gasteiger partial charge is 0.325 e. The van der Waals surface area contributed by atoms with Gasteiger partial charge in [-0.25, -0.2) is 13.2 Å². The molecule has 6 heteroatoms. The highest BCUT2D eigenvalue weighted by Crippen LogP contribution is 2.33. The molecule has 1 heterocycles. The highest BCUT2D eigenvalue weighted by atomic mass is 19.2. The van der Waals surface area contributed by atoms with Crippen molar-refractivity contribution in [1.82, 2.24) is 5.32 Å². The van der Waals surface area contributed by atoms with Crippen LogP contribution >= 0.6 is 0 Å². The van der Waals surface area contributed by atoms with Crippen molar-refractivity contribution in [2.45, 2.75) is 32.6 Å². The van der Waals surface area contributed by atoms with E-state index < -0.39 is 22.9 Å². The Morgan fingerprint density at radius 2 is 2.00 bits per heavy atom. The zero-order chi connectivity index (χ0) is 15.5. The molecule has 1 aromatic rings. The standard InChI is InChI=1S/C15H19F3N2O/c1-2-4-15(5-3-6-19-9-15)14(21)20-10-7-11(16)13(18)12(17)8-10/h7-8,19H,2-6,9H2,1H3,(H,20,21). The smallest absolute Gasteiger partial charge is 0.231 e. The third-order valence-electron chi connectivity index (χ3n) is 3.92. The average molecular weight is 300 g/mol. The number of halogens is 3. The lowest BCUT2D eigenvalue weighted by atomic mass is 9.76. The van der Waals surface area contributed by atoms with E-state index in [4.69, 9.17) is 0 Å². The van der Waals surface area contributed by atoms with Gasteiger partial charge in [-0.3, -0.25) is 4.79 Å². The van der Waals surface area contributed by atoms with Gasteiger partial charge >= 0.3 is 0 Å². The summed E-state index contributed by atoms with van der Waals surface area (Å²) in [4.78, 5) is 12.5. The van der Waals surface area contributed by atoms with Crippen molar-refractivity contribution in [2.24, 2.45) is 5.41 Å². The van der Waals surface area contributed by atoms with E-state index in [0.717, 1.165) is 37.9 Å². The molecule has 0 saturated carbocycles. The molecule has 0 radical (unpaired) electrons. The van der Waals surface area contributed by atoms with Crippen LogP contribution in [0.3, 0.4) is 0 Å². The molecule has 2 rings (SSSR count). The van der Waals surface area contributed by atoms with Gasteiger partial charge in [-0.1, -0.05) is 13.3 Å². The van der Waals surface area contributed by atoms with E-state index in [0.29, 0.717) is 13.0 Å². The minimum atomic E-state index is -1.53. The summed E-state index contributed by atoms with van der Waals surface area (Å²) in [6.07, 6.45) is 3.13. The van der Waals surface area contributed by atoms with Gasteiger partial charge in [-0.15, -0.1) is 0 Å². The second kappa shape index (κ2) is 6.47. The first-order chi connectivity index (χ1) is 9.98. The van der Waals surface area contributed by atoms with E-state index in [9.17, 15) is 18.0 Å². The SMILES string of the molecule is CCCC1(C(=O)Nc2cc(F)c(F)c(F)c2)CCCNC1. The molecule has 1 saturated heterocycles. The van der Waals surface area contributed by atoms with Gasteiger partial charge in [0.25, 0.3) is 0 Å². The molecule has 1 atom stereocenters. The number of carbonyl (C=O) groups excluding carboxylic acids is 1. The topological polar surface area (TPSA) is 41.1 Å². The van der Waals surface area contributed by atoms with Crippen molar-refractivity contribution in [1.29, 1.82) is 0 Å². The molecule has 0 aliphatic carbocycles. The number of nitrogens with one attached hydrogen (secondary N) is 2. The van der Waals surface area contributed by atoms with E-state index in [1.165, 1.54) is 0 Å². The summed E-state index contributed by atoms with van der Waals surface area (Å²) in [7, 11) is 0. The number of amides is 1. The zero-order valence-corrected chi connectivity index (χ0v) is 11.9. The maximum atomic E-state index is 13.2. The van der Waals surface area contributed by atoms with Gasteiger partial charge in [-0.05, 0) is 25.8 Å². The molecule has 3 nitrogen and oxygen atoms in total. The Morgan fingerprint density at radius 3 is 2.52 bits per heavy atom. The minimum absolute atomic E-state index is 0.0579. The lowest BCUT2D eigenvalue weighted by Crippen LogP contribution is -2.48. The Labute approximate surface area is 121 Å². The highest BCUT2D eigenvalue weighted by Gasteiger charge is 2.38. The van der Waals surface area contributed by atoms with Gasteiger partial charge in [0.1, 0.15) is 0 Å². The Balaban J connectivity index is 2.19. The summed E-state index contributed by atoms with van der Waals surface area (Å²) in [5, 5.41) is 5.71. The van der Waals surface area contributed by atoms with Crippen molar-refractivity contribution >= 4 is 11.6 Å². The van der Waals surface area contributed by atoms with Crippen LogP contribution in [0.5, 0.6) is 0 Å². The second-order valence-corrected chi connectivity index (χ2v) is 5.52. The first-order valence-electron chi connectivity index (χ1n) is 7.15. The van der Waals surface area contributed by atoms with Crippen LogP contribution < -0.4 is 10.6 Å². The first kappa shape index (κ1) is 15.8. The van der Waals surface area contributed by atoms with E-state index >= 15 is 0 Å². The molecule has 1 aromatic carbocycles. The molecule has 116 valence electrons. The van der Waals surface area contributed by atoms with Gasteiger partial charge in [0.2, 0.25) is 5.91 Å². The van der Waals surface area contributed by atoms with E-state index in [1.54, 1.807) is 0 Å². The molecule has 1 unspecified atom stereocenters. The predicted molar refractivity (Wildman–Crippen MR) is 74.4 cm³/mol. The summed E-state index contributed by atoms with van der Waals surface area (Å²) in [6.45, 7) is 3.39. The fourth-order valence-corrected chi connectivity index (χ4v) is 2.86. The van der Waals surface area contributed by atoms with Gasteiger partial charge < -0.3 is 10.6 Å². The third-order valence-corrected chi connectivity index (χ3v) is 3.92. The molecule has 2 N–H and O–H groups in total. The van der Waals surface area contributed by atoms with E-state index in [2.05, 4.69) is 10.6 Å². The maximum absolute atomic E-state index is 13.2. The van der Waals surface area contributed by atoms with Crippen LogP contribution in [0.25, 0.3) is 0 Å². The van der Waals surface area contributed by atoms with Crippen LogP contribution in [0.1, 0.15) is 32.6 Å². The number of rotatable bonds is 4. The van der Waals surface area contributed by atoms with Crippen LogP contribution in [-0.2, 0) is 4.79 Å². The zero-order valence-electron chi connectivity index (χ0n) is 11.9. The van der Waals surface area contributed by atoms with E-state index in [-0.39, 0.29) is 11.6 Å². The molecule has 1 amide bonds. The number of benzene rings is 1. The van der Waals surface area contributed by atoms with Gasteiger partial charge in [0.05, 0.1) is 5.41 Å². The lowest BCUT2D eigenvalue weighted by Gasteiger charge is -2.36. The number of piperidine rings is 1. The van der Waals surface area contributed by atoms with E-state index in [1.807, 2.05) is 6.92 Å². The van der Waals surface area contributed by atoms with Crippen LogP contribution in [0.15, 0.2) is 12.1 Å². The summed E-state index contributed by atoms with van der Waals surface area (Å²) >= 11 is 0. The molecular weight excluding hydrogens is 281 g/mol. The van der Waals surface area contributed by atoms with Crippen LogP contribution in [0, 0.1) is 22.9 Å². The average Bonchev–Trinajstić information content (AvgIpc) is 2.46. The third kappa shape index (κ3) is 3.37. The Bertz CT molecular complexity index is 499. The predicted octanol–water partition coefficient (Wildman–Crippen LogP) is 3.21. The maximum Gasteiger partial charge on any atom is 0.231 e. The molecular formula is C15H19F3N2O. The fraction of sp³-hybridized carbons (Fsp3) is 0.533. The van der Waals surface area contributed by atoms with Crippen molar-refractivity contribution in [3.63, 3.8) is 0 Å². The van der Waals surface area contributed by atoms with Crippen molar-refractivity contribution in [3.05, 3.63) is 29.6 Å². The number of carbonyl (C=O) groups is 1. The Morgan fingerprint density at radius 1 is 1.33 bits per heavy atom. The minimum Gasteiger partial charge on any atom is -0.325 e. The first-order valence-corrected chi connectivity index (χ1v) is 7.15. The molecule has 0 bridgehead atoms. The summed E-state index contributed by atoms with van der Waals surface area (Å²) in [6, 6.07) is 1.60. The molecule has 1 aliphatic rings. The molecule has 1 aliphatic heterocycles. The number of hydrogen-bond acceptors (Lipinski definition) is 2. The van der Waals surface area contributed by atoms with Crippen LogP contribution in [0.4, 0.5) is 18.9 Å². The summed E-state index contributed by atoms with van der Waals surface area (Å²) in [5.74, 6) is -4.43. The Hall–Kier alpha value is -1.56. The number of anilines is 1. The molecule has 0 aromatic heterocycles. The van der Waals surface area contributed by atoms with Crippen LogP contribution in [-0.4, -0.2) is 19.0 Å². The molecule has 21 heavy (non-hydrogen) atoms. The van der Waals surface area contributed by atoms with Crippen molar-refractivity contribution in [2.75, 3.05) is 18.4 Å². The van der Waals surface area contributed by atoms with Crippen molar-refractivity contribution < 1.29 is 18.0 Å². The van der Waals surface area contributed by atoms with Gasteiger partial charge in [0, 0.05) is 24.4 Å². The summed E-state index contributed by atoms with van der Waals surface area (Å²) < 4.78 is 39.3. The lowest BCUT2D eigenvalue weighted by molar-refractivity contribution is -0.127. The summed E-state index contributed by atoms with van der Waals surface area (Å²) in [5.41, 5.74) is -0.633.